The third-order valence-electron chi connectivity index (χ3n) is 4.87. The lowest BCUT2D eigenvalue weighted by Crippen LogP contribution is -2.31. The molecule has 0 fully saturated rings. The molecule has 3 aromatic carbocycles. The van der Waals surface area contributed by atoms with Crippen LogP contribution in [-0.4, -0.2) is 44.0 Å². The molecular formula is C25H26N2O4. The van der Waals surface area contributed by atoms with Gasteiger partial charge in [-0.25, -0.2) is 0 Å². The maximum atomic E-state index is 12.8. The summed E-state index contributed by atoms with van der Waals surface area (Å²) in [5.41, 5.74) is 2.56. The Labute approximate surface area is 182 Å². The Kier molecular flexibility index (Phi) is 7.27. The van der Waals surface area contributed by atoms with E-state index in [1.54, 1.807) is 43.3 Å². The molecule has 0 saturated heterocycles. The molecular weight excluding hydrogens is 392 g/mol. The number of aryl methyl sites for hydroxylation is 1. The number of hydrogen-bond acceptors (Lipinski definition) is 4. The average Bonchev–Trinajstić information content (AvgIpc) is 2.81. The summed E-state index contributed by atoms with van der Waals surface area (Å²) in [6.45, 7) is 2.67. The average molecular weight is 418 g/mol. The topological polar surface area (TPSA) is 67.9 Å². The summed E-state index contributed by atoms with van der Waals surface area (Å²) in [4.78, 5) is 26.9. The fourth-order valence-corrected chi connectivity index (χ4v) is 2.97. The fourth-order valence-electron chi connectivity index (χ4n) is 2.97. The van der Waals surface area contributed by atoms with Crippen molar-refractivity contribution in [1.82, 2.24) is 4.90 Å². The van der Waals surface area contributed by atoms with Crippen LogP contribution in [0.2, 0.25) is 0 Å². The molecule has 0 saturated carbocycles. The first kappa shape index (κ1) is 21.9. The predicted octanol–water partition coefficient (Wildman–Crippen LogP) is 4.41. The van der Waals surface area contributed by atoms with Gasteiger partial charge < -0.3 is 19.7 Å². The number of amides is 2. The maximum Gasteiger partial charge on any atom is 0.255 e. The van der Waals surface area contributed by atoms with E-state index in [0.29, 0.717) is 35.7 Å². The monoisotopic (exact) mass is 418 g/mol. The molecule has 0 unspecified atom stereocenters. The van der Waals surface area contributed by atoms with Crippen molar-refractivity contribution in [2.24, 2.45) is 0 Å². The summed E-state index contributed by atoms with van der Waals surface area (Å²) in [6.07, 6.45) is 0. The molecule has 1 N–H and O–H groups in total. The normalized spacial score (nSPS) is 10.3. The molecule has 0 aliphatic rings. The molecule has 3 rings (SSSR count). The van der Waals surface area contributed by atoms with Crippen molar-refractivity contribution in [3.63, 3.8) is 0 Å². The Morgan fingerprint density at radius 2 is 1.58 bits per heavy atom. The van der Waals surface area contributed by atoms with Crippen LogP contribution in [0.4, 0.5) is 5.69 Å². The fraction of sp³-hybridized carbons (Fsp3) is 0.200. The highest BCUT2D eigenvalue weighted by Gasteiger charge is 2.15. The molecule has 3 aromatic rings. The SMILES string of the molecule is COc1ccc(OCCN(C)C(=O)c2ccc(C)c(NC(=O)c3ccccc3)c2)cc1. The Hall–Kier alpha value is -3.80. The Morgan fingerprint density at radius 3 is 2.26 bits per heavy atom. The third kappa shape index (κ3) is 5.85. The molecule has 6 heteroatoms. The number of likely N-dealkylation sites (N-methyl/N-ethyl adjacent to an activating group) is 1. The van der Waals surface area contributed by atoms with E-state index in [1.165, 1.54) is 0 Å². The number of ether oxygens (including phenoxy) is 2. The summed E-state index contributed by atoms with van der Waals surface area (Å²) in [5.74, 6) is 1.11. The minimum atomic E-state index is -0.213. The largest absolute Gasteiger partial charge is 0.497 e. The number of nitrogens with zero attached hydrogens (tertiary/aromatic N) is 1. The van der Waals surface area contributed by atoms with Gasteiger partial charge in [-0.15, -0.1) is 0 Å². The first-order valence-corrected chi connectivity index (χ1v) is 9.97. The van der Waals surface area contributed by atoms with Crippen molar-refractivity contribution in [2.75, 3.05) is 32.6 Å². The number of anilines is 1. The Balaban J connectivity index is 1.59. The second-order valence-electron chi connectivity index (χ2n) is 7.10. The van der Waals surface area contributed by atoms with Gasteiger partial charge in [-0.3, -0.25) is 9.59 Å². The van der Waals surface area contributed by atoms with Gasteiger partial charge >= 0.3 is 0 Å². The number of nitrogens with one attached hydrogen (secondary N) is 1. The summed E-state index contributed by atoms with van der Waals surface area (Å²) in [7, 11) is 3.34. The van der Waals surface area contributed by atoms with Crippen molar-refractivity contribution < 1.29 is 19.1 Å². The van der Waals surface area contributed by atoms with Crippen LogP contribution in [0.5, 0.6) is 11.5 Å². The van der Waals surface area contributed by atoms with Crippen LogP contribution in [0, 0.1) is 6.92 Å². The first-order chi connectivity index (χ1) is 15.0. The second-order valence-corrected chi connectivity index (χ2v) is 7.10. The molecule has 6 nitrogen and oxygen atoms in total. The maximum absolute atomic E-state index is 12.8. The van der Waals surface area contributed by atoms with Crippen molar-refractivity contribution >= 4 is 17.5 Å². The molecule has 0 bridgehead atoms. The van der Waals surface area contributed by atoms with E-state index in [4.69, 9.17) is 9.47 Å². The van der Waals surface area contributed by atoms with Gasteiger partial charge in [0.05, 0.1) is 13.7 Å². The van der Waals surface area contributed by atoms with Gasteiger partial charge in [0, 0.05) is 23.9 Å². The van der Waals surface area contributed by atoms with Crippen LogP contribution in [0.1, 0.15) is 26.3 Å². The zero-order chi connectivity index (χ0) is 22.2. The van der Waals surface area contributed by atoms with Crippen molar-refractivity contribution in [3.05, 3.63) is 89.5 Å². The van der Waals surface area contributed by atoms with E-state index >= 15 is 0 Å². The summed E-state index contributed by atoms with van der Waals surface area (Å²) >= 11 is 0. The van der Waals surface area contributed by atoms with Gasteiger partial charge in [-0.2, -0.15) is 0 Å². The van der Waals surface area contributed by atoms with E-state index in [9.17, 15) is 9.59 Å². The smallest absolute Gasteiger partial charge is 0.255 e. The van der Waals surface area contributed by atoms with Gasteiger partial charge in [0.25, 0.3) is 11.8 Å². The minimum Gasteiger partial charge on any atom is -0.497 e. The lowest BCUT2D eigenvalue weighted by Gasteiger charge is -2.19. The summed E-state index contributed by atoms with van der Waals surface area (Å²) in [5, 5.41) is 2.89. The molecule has 0 atom stereocenters. The molecule has 0 aromatic heterocycles. The Morgan fingerprint density at radius 1 is 0.903 bits per heavy atom. The van der Waals surface area contributed by atoms with E-state index in [0.717, 1.165) is 11.3 Å². The molecule has 0 aliphatic heterocycles. The number of benzene rings is 3. The lowest BCUT2D eigenvalue weighted by molar-refractivity contribution is 0.0773. The predicted molar refractivity (Wildman–Crippen MR) is 121 cm³/mol. The van der Waals surface area contributed by atoms with E-state index < -0.39 is 0 Å². The lowest BCUT2D eigenvalue weighted by atomic mass is 10.1. The van der Waals surface area contributed by atoms with Crippen LogP contribution in [-0.2, 0) is 0 Å². The highest BCUT2D eigenvalue weighted by atomic mass is 16.5. The highest BCUT2D eigenvalue weighted by Crippen LogP contribution is 2.20. The molecule has 0 spiro atoms. The van der Waals surface area contributed by atoms with E-state index in [1.807, 2.05) is 55.5 Å². The quantitative estimate of drug-likeness (QED) is 0.589. The number of carbonyl (C=O) groups is 2. The first-order valence-electron chi connectivity index (χ1n) is 9.97. The summed E-state index contributed by atoms with van der Waals surface area (Å²) in [6, 6.07) is 21.6. The molecule has 0 aliphatic carbocycles. The molecule has 2 amide bonds. The number of carbonyl (C=O) groups excluding carboxylic acids is 2. The van der Waals surface area contributed by atoms with Gasteiger partial charge in [0.2, 0.25) is 0 Å². The van der Waals surface area contributed by atoms with Crippen LogP contribution in [0.3, 0.4) is 0 Å². The molecule has 31 heavy (non-hydrogen) atoms. The number of rotatable bonds is 8. The third-order valence-corrected chi connectivity index (χ3v) is 4.87. The van der Waals surface area contributed by atoms with Crippen molar-refractivity contribution in [1.29, 1.82) is 0 Å². The van der Waals surface area contributed by atoms with E-state index in [-0.39, 0.29) is 11.8 Å². The zero-order valence-corrected chi connectivity index (χ0v) is 17.9. The van der Waals surface area contributed by atoms with Gasteiger partial charge in [-0.1, -0.05) is 24.3 Å². The van der Waals surface area contributed by atoms with Crippen LogP contribution in [0.15, 0.2) is 72.8 Å². The van der Waals surface area contributed by atoms with Crippen molar-refractivity contribution in [3.8, 4) is 11.5 Å². The van der Waals surface area contributed by atoms with Crippen molar-refractivity contribution in [2.45, 2.75) is 6.92 Å². The second kappa shape index (κ2) is 10.3. The molecule has 160 valence electrons. The van der Waals surface area contributed by atoms with Crippen LogP contribution >= 0.6 is 0 Å². The van der Waals surface area contributed by atoms with Gasteiger partial charge in [-0.05, 0) is 61.0 Å². The zero-order valence-electron chi connectivity index (χ0n) is 17.9. The van der Waals surface area contributed by atoms with Crippen LogP contribution < -0.4 is 14.8 Å². The van der Waals surface area contributed by atoms with Crippen LogP contribution in [0.25, 0.3) is 0 Å². The standard InChI is InChI=1S/C25H26N2O4/c1-18-9-10-20(17-23(18)26-24(28)19-7-5-4-6-8-19)25(29)27(2)15-16-31-22-13-11-21(30-3)12-14-22/h4-14,17H,15-16H2,1-3H3,(H,26,28). The number of methoxy groups -OCH3 is 1. The Bertz CT molecular complexity index is 1030. The highest BCUT2D eigenvalue weighted by molar-refractivity contribution is 6.05. The molecule has 0 heterocycles. The molecule has 0 radical (unpaired) electrons. The van der Waals surface area contributed by atoms with E-state index in [2.05, 4.69) is 5.32 Å². The van der Waals surface area contributed by atoms with Gasteiger partial charge in [0.15, 0.2) is 0 Å². The minimum absolute atomic E-state index is 0.145. The summed E-state index contributed by atoms with van der Waals surface area (Å²) < 4.78 is 10.8. The van der Waals surface area contributed by atoms with Gasteiger partial charge in [0.1, 0.15) is 18.1 Å². The number of hydrogen-bond donors (Lipinski definition) is 1.